The summed E-state index contributed by atoms with van der Waals surface area (Å²) in [4.78, 5) is 27.0. The maximum Gasteiger partial charge on any atom is 0.273 e. The molecular weight excluding hydrogens is 402 g/mol. The molecular formula is C23H22ClN3O3. The van der Waals surface area contributed by atoms with Crippen molar-refractivity contribution in [3.63, 3.8) is 0 Å². The first-order valence-corrected chi connectivity index (χ1v) is 10.1. The second kappa shape index (κ2) is 8.63. The van der Waals surface area contributed by atoms with Crippen molar-refractivity contribution in [3.05, 3.63) is 88.3 Å². The Kier molecular flexibility index (Phi) is 5.77. The summed E-state index contributed by atoms with van der Waals surface area (Å²) in [5.41, 5.74) is 8.57. The summed E-state index contributed by atoms with van der Waals surface area (Å²) in [7, 11) is 0. The highest BCUT2D eigenvalue weighted by Gasteiger charge is 2.28. The Balaban J connectivity index is 1.37. The van der Waals surface area contributed by atoms with Crippen LogP contribution in [0.5, 0.6) is 0 Å². The van der Waals surface area contributed by atoms with E-state index in [4.69, 9.17) is 16.0 Å². The number of para-hydroxylation sites is 1. The van der Waals surface area contributed by atoms with Crippen molar-refractivity contribution in [1.29, 1.82) is 0 Å². The average Bonchev–Trinajstić information content (AvgIpc) is 3.33. The number of rotatable bonds is 5. The smallest absolute Gasteiger partial charge is 0.273 e. The van der Waals surface area contributed by atoms with Gasteiger partial charge in [-0.05, 0) is 48.7 Å². The molecule has 0 radical (unpaired) electrons. The van der Waals surface area contributed by atoms with Gasteiger partial charge in [-0.25, -0.2) is 0 Å². The minimum Gasteiger partial charge on any atom is -0.467 e. The molecule has 0 saturated heterocycles. The first kappa shape index (κ1) is 20.0. The number of hydrogen-bond acceptors (Lipinski definition) is 4. The number of nitrogens with zero attached hydrogens (tertiary/aromatic N) is 1. The van der Waals surface area contributed by atoms with E-state index in [2.05, 4.69) is 34.8 Å². The van der Waals surface area contributed by atoms with E-state index in [1.807, 2.05) is 12.1 Å². The van der Waals surface area contributed by atoms with Gasteiger partial charge in [-0.1, -0.05) is 41.9 Å². The Hall–Kier alpha value is -3.25. The monoisotopic (exact) mass is 423 g/mol. The fourth-order valence-corrected chi connectivity index (χ4v) is 3.84. The summed E-state index contributed by atoms with van der Waals surface area (Å²) in [6.45, 7) is 2.63. The van der Waals surface area contributed by atoms with Crippen molar-refractivity contribution in [1.82, 2.24) is 10.9 Å². The number of amides is 2. The zero-order valence-corrected chi connectivity index (χ0v) is 17.3. The normalized spacial score (nSPS) is 15.0. The van der Waals surface area contributed by atoms with E-state index in [0.717, 1.165) is 17.7 Å². The predicted molar refractivity (Wildman–Crippen MR) is 115 cm³/mol. The van der Waals surface area contributed by atoms with Crippen molar-refractivity contribution in [3.8, 4) is 0 Å². The first-order valence-electron chi connectivity index (χ1n) is 9.76. The molecule has 2 aromatic carbocycles. The van der Waals surface area contributed by atoms with Crippen LogP contribution >= 0.6 is 11.6 Å². The minimum atomic E-state index is -0.414. The molecule has 1 aliphatic heterocycles. The molecule has 30 heavy (non-hydrogen) atoms. The fourth-order valence-electron chi connectivity index (χ4n) is 3.72. The number of anilines is 1. The van der Waals surface area contributed by atoms with Crippen molar-refractivity contribution in [2.24, 2.45) is 0 Å². The maximum atomic E-state index is 12.6. The lowest BCUT2D eigenvalue weighted by Gasteiger charge is -2.24. The molecule has 7 heteroatoms. The topological polar surface area (TPSA) is 74.6 Å². The summed E-state index contributed by atoms with van der Waals surface area (Å²) in [5.74, 6) is -0.177. The summed E-state index contributed by atoms with van der Waals surface area (Å²) in [6, 6.07) is 17.2. The molecule has 2 amide bonds. The van der Waals surface area contributed by atoms with E-state index in [9.17, 15) is 9.59 Å². The van der Waals surface area contributed by atoms with Gasteiger partial charge >= 0.3 is 0 Å². The van der Waals surface area contributed by atoms with Crippen molar-refractivity contribution in [2.75, 3.05) is 4.90 Å². The van der Waals surface area contributed by atoms with Gasteiger partial charge in [-0.2, -0.15) is 0 Å². The summed E-state index contributed by atoms with van der Waals surface area (Å²) in [6.07, 6.45) is 2.59. The number of furan rings is 1. The Labute approximate surface area is 179 Å². The average molecular weight is 424 g/mol. The molecule has 0 saturated carbocycles. The van der Waals surface area contributed by atoms with Gasteiger partial charge in [0, 0.05) is 16.8 Å². The Morgan fingerprint density at radius 1 is 1.10 bits per heavy atom. The van der Waals surface area contributed by atoms with Crippen LogP contribution in [0.2, 0.25) is 5.02 Å². The molecule has 2 heterocycles. The van der Waals surface area contributed by atoms with Gasteiger partial charge in [0.2, 0.25) is 5.91 Å². The van der Waals surface area contributed by atoms with Gasteiger partial charge in [0.25, 0.3) is 5.91 Å². The number of hydrogen-bond donors (Lipinski definition) is 2. The molecule has 0 bridgehead atoms. The van der Waals surface area contributed by atoms with E-state index < -0.39 is 5.91 Å². The second-order valence-corrected chi connectivity index (χ2v) is 7.81. The Morgan fingerprint density at radius 3 is 2.67 bits per heavy atom. The predicted octanol–water partition coefficient (Wildman–Crippen LogP) is 3.89. The number of nitrogens with one attached hydrogen (secondary N) is 2. The van der Waals surface area contributed by atoms with Crippen LogP contribution in [0, 0.1) is 0 Å². The van der Waals surface area contributed by atoms with E-state index in [0.29, 0.717) is 28.9 Å². The summed E-state index contributed by atoms with van der Waals surface area (Å²) < 4.78 is 5.60. The van der Waals surface area contributed by atoms with E-state index in [-0.39, 0.29) is 12.3 Å². The lowest BCUT2D eigenvalue weighted by Crippen LogP contribution is -2.42. The number of benzene rings is 2. The number of carbonyl (C=O) groups is 2. The standard InChI is InChI=1S/C23H22ClN3O3/c1-15-12-17-4-2-3-5-20(17)27(15)14-21-19(10-11-30-21)23(29)26-25-22(28)13-16-6-8-18(24)9-7-16/h2-11,15H,12-14H2,1H3,(H,25,28)(H,26,29). The number of halogens is 1. The van der Waals surface area contributed by atoms with E-state index in [1.165, 1.54) is 11.8 Å². The first-order chi connectivity index (χ1) is 14.5. The SMILES string of the molecule is CC1Cc2ccccc2N1Cc1occc1C(=O)NNC(=O)Cc1ccc(Cl)cc1. The van der Waals surface area contributed by atoms with Gasteiger partial charge in [0.15, 0.2) is 0 Å². The number of fused-ring (bicyclic) bond motifs is 1. The van der Waals surface area contributed by atoms with Crippen molar-refractivity contribution < 1.29 is 14.0 Å². The third-order valence-electron chi connectivity index (χ3n) is 5.25. The van der Waals surface area contributed by atoms with Crippen LogP contribution in [0.25, 0.3) is 0 Å². The van der Waals surface area contributed by atoms with Crippen LogP contribution in [-0.4, -0.2) is 17.9 Å². The second-order valence-electron chi connectivity index (χ2n) is 7.37. The molecule has 1 atom stereocenters. The Bertz CT molecular complexity index is 1060. The fraction of sp³-hybridized carbons (Fsp3) is 0.217. The molecule has 3 aromatic rings. The molecule has 1 unspecified atom stereocenters. The van der Waals surface area contributed by atoms with Gasteiger partial charge in [-0.15, -0.1) is 0 Å². The summed E-state index contributed by atoms with van der Waals surface area (Å²) in [5, 5.41) is 0.606. The highest BCUT2D eigenvalue weighted by atomic mass is 35.5. The molecule has 4 rings (SSSR count). The van der Waals surface area contributed by atoms with Gasteiger partial charge in [0.05, 0.1) is 24.8 Å². The lowest BCUT2D eigenvalue weighted by atomic mass is 10.1. The number of carbonyl (C=O) groups excluding carboxylic acids is 2. The maximum absolute atomic E-state index is 12.6. The molecule has 0 fully saturated rings. The minimum absolute atomic E-state index is 0.137. The lowest BCUT2D eigenvalue weighted by molar-refractivity contribution is -0.121. The highest BCUT2D eigenvalue weighted by molar-refractivity contribution is 6.30. The molecule has 0 aliphatic carbocycles. The quantitative estimate of drug-likeness (QED) is 0.610. The molecule has 2 N–H and O–H groups in total. The number of hydrazine groups is 1. The van der Waals surface area contributed by atoms with Crippen LogP contribution in [0.15, 0.2) is 65.3 Å². The largest absolute Gasteiger partial charge is 0.467 e. The molecule has 1 aliphatic rings. The zero-order valence-electron chi connectivity index (χ0n) is 16.5. The molecule has 154 valence electrons. The van der Waals surface area contributed by atoms with Crippen LogP contribution in [0.1, 0.15) is 34.2 Å². The van der Waals surface area contributed by atoms with Gasteiger partial charge in [-0.3, -0.25) is 20.4 Å². The summed E-state index contributed by atoms with van der Waals surface area (Å²) >= 11 is 5.85. The molecule has 0 spiro atoms. The van der Waals surface area contributed by atoms with Crippen molar-refractivity contribution >= 4 is 29.1 Å². The van der Waals surface area contributed by atoms with Crippen LogP contribution in [0.3, 0.4) is 0 Å². The van der Waals surface area contributed by atoms with E-state index >= 15 is 0 Å². The Morgan fingerprint density at radius 2 is 1.87 bits per heavy atom. The van der Waals surface area contributed by atoms with Crippen molar-refractivity contribution in [2.45, 2.75) is 32.4 Å². The third-order valence-corrected chi connectivity index (χ3v) is 5.50. The van der Waals surface area contributed by atoms with Crippen LogP contribution < -0.4 is 15.8 Å². The van der Waals surface area contributed by atoms with Crippen LogP contribution in [0.4, 0.5) is 5.69 Å². The van der Waals surface area contributed by atoms with Crippen LogP contribution in [-0.2, 0) is 24.2 Å². The van der Waals surface area contributed by atoms with Gasteiger partial charge in [0.1, 0.15) is 5.76 Å². The zero-order chi connectivity index (χ0) is 21.1. The highest BCUT2D eigenvalue weighted by Crippen LogP contribution is 2.33. The molecule has 6 nitrogen and oxygen atoms in total. The third kappa shape index (κ3) is 4.33. The van der Waals surface area contributed by atoms with E-state index in [1.54, 1.807) is 30.3 Å². The molecule has 1 aromatic heterocycles. The van der Waals surface area contributed by atoms with Gasteiger partial charge < -0.3 is 9.32 Å².